The quantitative estimate of drug-likeness (QED) is 0.727. The Balaban J connectivity index is 2.49. The summed E-state index contributed by atoms with van der Waals surface area (Å²) in [5.41, 5.74) is 0. The number of rotatable bonds is 5. The number of hydrogen-bond donors (Lipinski definition) is 1. The second-order valence-electron chi connectivity index (χ2n) is 4.29. The van der Waals surface area contributed by atoms with Crippen molar-refractivity contribution >= 4 is 12.4 Å². The van der Waals surface area contributed by atoms with E-state index in [1.807, 2.05) is 13.8 Å². The Morgan fingerprint density at radius 1 is 1.62 bits per heavy atom. The Labute approximate surface area is 94.4 Å². The fraction of sp³-hybridized carbons (Fsp3) is 0.818. The van der Waals surface area contributed by atoms with Crippen LogP contribution in [0.4, 0.5) is 8.78 Å². The molecule has 0 radical (unpaired) electrons. The lowest BCUT2D eigenvalue weighted by molar-refractivity contribution is -0.00879. The minimum Gasteiger partial charge on any atom is -0.367 e. The van der Waals surface area contributed by atoms with Crippen LogP contribution in [0.25, 0.3) is 0 Å². The minimum absolute atomic E-state index is 0.0731. The van der Waals surface area contributed by atoms with Crippen LogP contribution in [0, 0.1) is 17.2 Å². The van der Waals surface area contributed by atoms with E-state index >= 15 is 0 Å². The number of halogens is 2. The highest BCUT2D eigenvalue weighted by atomic mass is 19.3. The SMILES string of the molecule is CC(C=N)C1N=CC(OCC(F)F)CC1C. The second kappa shape index (κ2) is 6.03. The van der Waals surface area contributed by atoms with Gasteiger partial charge in [0.2, 0.25) is 0 Å². The van der Waals surface area contributed by atoms with E-state index in [1.165, 1.54) is 6.21 Å². The van der Waals surface area contributed by atoms with Crippen molar-refractivity contribution in [2.75, 3.05) is 6.61 Å². The van der Waals surface area contributed by atoms with Gasteiger partial charge in [-0.05, 0) is 12.3 Å². The van der Waals surface area contributed by atoms with Gasteiger partial charge in [0.15, 0.2) is 0 Å². The maximum absolute atomic E-state index is 11.9. The van der Waals surface area contributed by atoms with Gasteiger partial charge in [-0.15, -0.1) is 0 Å². The lowest BCUT2D eigenvalue weighted by atomic mass is 9.86. The molecule has 0 aromatic heterocycles. The first-order chi connectivity index (χ1) is 7.54. The molecule has 0 saturated carbocycles. The van der Waals surface area contributed by atoms with E-state index in [1.54, 1.807) is 6.21 Å². The van der Waals surface area contributed by atoms with Crippen molar-refractivity contribution < 1.29 is 13.5 Å². The molecule has 1 aliphatic heterocycles. The molecule has 0 saturated heterocycles. The number of hydrogen-bond acceptors (Lipinski definition) is 3. The standard InChI is InChI=1S/C11H18F2N2O/c1-7-3-9(16-6-10(12)13)5-15-11(7)8(2)4-14/h4-5,7-11,14H,3,6H2,1-2H3. The van der Waals surface area contributed by atoms with E-state index < -0.39 is 13.0 Å². The molecular formula is C11H18F2N2O. The van der Waals surface area contributed by atoms with Crippen LogP contribution >= 0.6 is 0 Å². The van der Waals surface area contributed by atoms with Gasteiger partial charge in [0.05, 0.1) is 12.1 Å². The van der Waals surface area contributed by atoms with Gasteiger partial charge in [-0.1, -0.05) is 13.8 Å². The predicted octanol–water partition coefficient (Wildman–Crippen LogP) is 2.40. The van der Waals surface area contributed by atoms with Crippen LogP contribution in [0.2, 0.25) is 0 Å². The number of nitrogens with zero attached hydrogens (tertiary/aromatic N) is 1. The Kier molecular flexibility index (Phi) is 4.99. The molecule has 0 spiro atoms. The van der Waals surface area contributed by atoms with Crippen LogP contribution in [0.15, 0.2) is 4.99 Å². The zero-order chi connectivity index (χ0) is 12.1. The molecule has 0 bridgehead atoms. The summed E-state index contributed by atoms with van der Waals surface area (Å²) >= 11 is 0. The fourth-order valence-corrected chi connectivity index (χ4v) is 1.97. The smallest absolute Gasteiger partial charge is 0.261 e. The van der Waals surface area contributed by atoms with Crippen LogP contribution in [0.1, 0.15) is 20.3 Å². The molecule has 0 amide bonds. The first-order valence-electron chi connectivity index (χ1n) is 5.48. The van der Waals surface area contributed by atoms with Crippen LogP contribution in [0.5, 0.6) is 0 Å². The fourth-order valence-electron chi connectivity index (χ4n) is 1.97. The van der Waals surface area contributed by atoms with Gasteiger partial charge >= 0.3 is 0 Å². The summed E-state index contributed by atoms with van der Waals surface area (Å²) in [6.07, 6.45) is 0.936. The van der Waals surface area contributed by atoms with Crippen LogP contribution in [-0.4, -0.2) is 37.6 Å². The summed E-state index contributed by atoms with van der Waals surface area (Å²) in [6, 6.07) is 0.0731. The molecule has 1 heterocycles. The topological polar surface area (TPSA) is 45.4 Å². The summed E-state index contributed by atoms with van der Waals surface area (Å²) in [5.74, 6) is 0.339. The molecule has 1 rings (SSSR count). The minimum atomic E-state index is -2.43. The van der Waals surface area contributed by atoms with Crippen molar-refractivity contribution in [1.82, 2.24) is 0 Å². The predicted molar refractivity (Wildman–Crippen MR) is 59.8 cm³/mol. The summed E-state index contributed by atoms with van der Waals surface area (Å²) in [5, 5.41) is 7.19. The van der Waals surface area contributed by atoms with Gasteiger partial charge in [0.25, 0.3) is 6.43 Å². The van der Waals surface area contributed by atoms with E-state index in [-0.39, 0.29) is 24.0 Å². The molecule has 1 N–H and O–H groups in total. The zero-order valence-electron chi connectivity index (χ0n) is 9.57. The first kappa shape index (κ1) is 13.2. The van der Waals surface area contributed by atoms with Gasteiger partial charge in [0, 0.05) is 18.3 Å². The molecule has 16 heavy (non-hydrogen) atoms. The second-order valence-corrected chi connectivity index (χ2v) is 4.29. The maximum atomic E-state index is 11.9. The number of ether oxygens (including phenoxy) is 1. The Hall–Kier alpha value is -0.840. The van der Waals surface area contributed by atoms with E-state index in [9.17, 15) is 8.78 Å². The lowest BCUT2D eigenvalue weighted by Crippen LogP contribution is -2.35. The van der Waals surface area contributed by atoms with Crippen molar-refractivity contribution in [3.63, 3.8) is 0 Å². The summed E-state index contributed by atoms with van der Waals surface area (Å²) < 4.78 is 28.9. The Bertz CT molecular complexity index is 258. The summed E-state index contributed by atoms with van der Waals surface area (Å²) in [7, 11) is 0. The number of alkyl halides is 2. The van der Waals surface area contributed by atoms with Gasteiger partial charge in [0.1, 0.15) is 6.61 Å². The molecule has 4 atom stereocenters. The van der Waals surface area contributed by atoms with E-state index in [0.717, 1.165) is 0 Å². The third-order valence-electron chi connectivity index (χ3n) is 2.85. The average molecular weight is 232 g/mol. The van der Waals surface area contributed by atoms with Crippen molar-refractivity contribution in [3.05, 3.63) is 0 Å². The van der Waals surface area contributed by atoms with Crippen molar-refractivity contribution in [2.45, 2.75) is 38.8 Å². The molecule has 0 aliphatic carbocycles. The van der Waals surface area contributed by atoms with Crippen molar-refractivity contribution in [2.24, 2.45) is 16.8 Å². The highest BCUT2D eigenvalue weighted by molar-refractivity contribution is 5.66. The van der Waals surface area contributed by atoms with Gasteiger partial charge < -0.3 is 10.1 Å². The highest BCUT2D eigenvalue weighted by Crippen LogP contribution is 2.24. The molecule has 92 valence electrons. The van der Waals surface area contributed by atoms with E-state index in [2.05, 4.69) is 4.99 Å². The summed E-state index contributed by atoms with van der Waals surface area (Å²) in [6.45, 7) is 3.42. The van der Waals surface area contributed by atoms with Gasteiger partial charge in [-0.25, -0.2) is 8.78 Å². The third-order valence-corrected chi connectivity index (χ3v) is 2.85. The van der Waals surface area contributed by atoms with E-state index in [0.29, 0.717) is 6.42 Å². The highest BCUT2D eigenvalue weighted by Gasteiger charge is 2.28. The molecule has 3 nitrogen and oxygen atoms in total. The molecule has 4 unspecified atom stereocenters. The molecule has 5 heteroatoms. The van der Waals surface area contributed by atoms with Crippen molar-refractivity contribution in [3.8, 4) is 0 Å². The van der Waals surface area contributed by atoms with Crippen LogP contribution < -0.4 is 0 Å². The molecular weight excluding hydrogens is 214 g/mol. The van der Waals surface area contributed by atoms with Crippen LogP contribution in [-0.2, 0) is 4.74 Å². The molecule has 0 aromatic carbocycles. The zero-order valence-corrected chi connectivity index (χ0v) is 9.57. The number of nitrogens with one attached hydrogen (secondary N) is 1. The summed E-state index contributed by atoms with van der Waals surface area (Å²) in [4.78, 5) is 4.29. The third kappa shape index (κ3) is 3.63. The molecule has 0 fully saturated rings. The Morgan fingerprint density at radius 2 is 2.31 bits per heavy atom. The molecule has 0 aromatic rings. The maximum Gasteiger partial charge on any atom is 0.261 e. The van der Waals surface area contributed by atoms with E-state index in [4.69, 9.17) is 10.1 Å². The average Bonchev–Trinajstić information content (AvgIpc) is 2.25. The number of aliphatic imine (C=N–C) groups is 1. The lowest BCUT2D eigenvalue weighted by Gasteiger charge is -2.30. The van der Waals surface area contributed by atoms with Gasteiger partial charge in [-0.2, -0.15) is 0 Å². The monoisotopic (exact) mass is 232 g/mol. The molecule has 1 aliphatic rings. The first-order valence-corrected chi connectivity index (χ1v) is 5.48. The van der Waals surface area contributed by atoms with Crippen LogP contribution in [0.3, 0.4) is 0 Å². The Morgan fingerprint density at radius 3 is 2.81 bits per heavy atom. The van der Waals surface area contributed by atoms with Crippen molar-refractivity contribution in [1.29, 1.82) is 5.41 Å². The normalized spacial score (nSPS) is 31.7. The van der Waals surface area contributed by atoms with Gasteiger partial charge in [-0.3, -0.25) is 4.99 Å². The largest absolute Gasteiger partial charge is 0.367 e.